The second-order valence-corrected chi connectivity index (χ2v) is 9.10. The summed E-state index contributed by atoms with van der Waals surface area (Å²) in [5.74, 6) is 2.48. The van der Waals surface area contributed by atoms with Crippen LogP contribution in [-0.4, -0.2) is 17.4 Å². The van der Waals surface area contributed by atoms with Crippen LogP contribution in [0.15, 0.2) is 23.3 Å². The van der Waals surface area contributed by atoms with Gasteiger partial charge in [-0.3, -0.25) is 9.59 Å². The summed E-state index contributed by atoms with van der Waals surface area (Å²) in [7, 11) is 0. The lowest BCUT2D eigenvalue weighted by Crippen LogP contribution is -2.50. The number of fused-ring (bicyclic) bond motifs is 5. The average molecular weight is 347 g/mol. The number of rotatable bonds is 2. The molecule has 0 aromatic rings. The van der Waals surface area contributed by atoms with Crippen LogP contribution in [-0.2, 0) is 9.59 Å². The van der Waals surface area contributed by atoms with Crippen molar-refractivity contribution in [2.24, 2.45) is 28.6 Å². The molecular weight excluding hydrogens is 320 g/mol. The van der Waals surface area contributed by atoms with Gasteiger partial charge in [-0.15, -0.1) is 11.6 Å². The fraction of sp³-hybridized carbons (Fsp3) is 0.714. The van der Waals surface area contributed by atoms with E-state index in [2.05, 4.69) is 19.9 Å². The van der Waals surface area contributed by atoms with Crippen LogP contribution in [0, 0.1) is 28.6 Å². The second kappa shape index (κ2) is 5.56. The smallest absolute Gasteiger partial charge is 0.173 e. The molecule has 0 aromatic carbocycles. The first-order valence-corrected chi connectivity index (χ1v) is 9.97. The van der Waals surface area contributed by atoms with Crippen LogP contribution in [0.1, 0.15) is 58.8 Å². The van der Waals surface area contributed by atoms with Gasteiger partial charge in [0.15, 0.2) is 11.6 Å². The highest BCUT2D eigenvalue weighted by Crippen LogP contribution is 2.65. The van der Waals surface area contributed by atoms with Gasteiger partial charge in [-0.1, -0.05) is 25.5 Å². The molecule has 0 saturated heterocycles. The molecule has 5 atom stereocenters. The summed E-state index contributed by atoms with van der Waals surface area (Å²) < 4.78 is 0. The number of Topliss-reactive ketones (excluding diaryl/α,β-unsaturated/α-hetero) is 1. The molecule has 0 spiro atoms. The molecule has 4 aliphatic carbocycles. The zero-order valence-electron chi connectivity index (χ0n) is 14.7. The van der Waals surface area contributed by atoms with Crippen LogP contribution in [0.5, 0.6) is 0 Å². The van der Waals surface area contributed by atoms with Gasteiger partial charge in [0.1, 0.15) is 0 Å². The van der Waals surface area contributed by atoms with E-state index in [0.29, 0.717) is 30.0 Å². The highest BCUT2D eigenvalue weighted by Gasteiger charge is 2.57. The third-order valence-corrected chi connectivity index (χ3v) is 8.21. The maximum Gasteiger partial charge on any atom is 0.173 e. The van der Waals surface area contributed by atoms with Crippen LogP contribution in [0.4, 0.5) is 0 Å². The van der Waals surface area contributed by atoms with Gasteiger partial charge in [0.05, 0.1) is 5.88 Å². The normalized spacial score (nSPS) is 44.1. The van der Waals surface area contributed by atoms with Gasteiger partial charge in [0.2, 0.25) is 0 Å². The fourth-order valence-electron chi connectivity index (χ4n) is 6.63. The maximum atomic E-state index is 12.3. The van der Waals surface area contributed by atoms with Crippen LogP contribution in [0.3, 0.4) is 0 Å². The Balaban J connectivity index is 1.66. The predicted molar refractivity (Wildman–Crippen MR) is 95.9 cm³/mol. The minimum absolute atomic E-state index is 0.0230. The molecule has 0 heterocycles. The highest BCUT2D eigenvalue weighted by molar-refractivity contribution is 6.30. The Morgan fingerprint density at radius 2 is 1.96 bits per heavy atom. The summed E-state index contributed by atoms with van der Waals surface area (Å²) in [6.45, 7) is 4.70. The average Bonchev–Trinajstić information content (AvgIpc) is 2.92. The van der Waals surface area contributed by atoms with Crippen molar-refractivity contribution in [3.05, 3.63) is 23.3 Å². The second-order valence-electron chi connectivity index (χ2n) is 8.84. The first kappa shape index (κ1) is 16.6. The summed E-state index contributed by atoms with van der Waals surface area (Å²) in [5.41, 5.74) is 2.64. The molecule has 130 valence electrons. The molecule has 2 saturated carbocycles. The molecule has 0 aliphatic heterocycles. The highest BCUT2D eigenvalue weighted by atomic mass is 35.5. The van der Waals surface area contributed by atoms with E-state index in [-0.39, 0.29) is 22.5 Å². The third-order valence-electron chi connectivity index (χ3n) is 7.96. The topological polar surface area (TPSA) is 34.1 Å². The number of allylic oxidation sites excluding steroid dienone is 4. The van der Waals surface area contributed by atoms with Gasteiger partial charge in [-0.25, -0.2) is 0 Å². The predicted octanol–water partition coefficient (Wildman–Crippen LogP) is 4.86. The Hall–Kier alpha value is -0.890. The zero-order valence-corrected chi connectivity index (χ0v) is 15.5. The molecule has 0 amide bonds. The van der Waals surface area contributed by atoms with E-state index >= 15 is 0 Å². The summed E-state index contributed by atoms with van der Waals surface area (Å²) in [6.07, 6.45) is 11.4. The quantitative estimate of drug-likeness (QED) is 0.669. The molecule has 4 aliphatic rings. The largest absolute Gasteiger partial charge is 0.295 e. The minimum Gasteiger partial charge on any atom is -0.295 e. The molecule has 2 nitrogen and oxygen atoms in total. The van der Waals surface area contributed by atoms with Crippen molar-refractivity contribution < 1.29 is 9.59 Å². The third kappa shape index (κ3) is 2.14. The van der Waals surface area contributed by atoms with Crippen LogP contribution in [0.2, 0.25) is 0 Å². The Morgan fingerprint density at radius 1 is 1.17 bits per heavy atom. The van der Waals surface area contributed by atoms with E-state index in [0.717, 1.165) is 31.3 Å². The molecular formula is C21H27ClO2. The lowest BCUT2D eigenvalue weighted by Gasteiger charge is -2.57. The number of alkyl halides is 1. The van der Waals surface area contributed by atoms with Crippen molar-refractivity contribution in [3.63, 3.8) is 0 Å². The van der Waals surface area contributed by atoms with Crippen LogP contribution in [0.25, 0.3) is 0 Å². The Kier molecular flexibility index (Phi) is 3.84. The van der Waals surface area contributed by atoms with Crippen molar-refractivity contribution in [1.82, 2.24) is 0 Å². The van der Waals surface area contributed by atoms with E-state index in [9.17, 15) is 9.59 Å². The SMILES string of the molecule is C[C@]12CCC(=O)C=C1CC[C@@H]1[C@@H]2CC[C@]2(C)C(C(=O)CCl)=CC[C@@H]12. The van der Waals surface area contributed by atoms with E-state index in [1.807, 2.05) is 6.08 Å². The zero-order chi connectivity index (χ0) is 17.1. The van der Waals surface area contributed by atoms with Crippen molar-refractivity contribution in [2.75, 3.05) is 5.88 Å². The fourth-order valence-corrected chi connectivity index (χ4v) is 6.77. The molecule has 0 unspecified atom stereocenters. The number of halogens is 1. The Labute approximate surface area is 149 Å². The van der Waals surface area contributed by atoms with Gasteiger partial charge >= 0.3 is 0 Å². The molecule has 0 bridgehead atoms. The van der Waals surface area contributed by atoms with Gasteiger partial charge in [-0.2, -0.15) is 0 Å². The van der Waals surface area contributed by atoms with E-state index in [1.54, 1.807) is 0 Å². The standard InChI is InChI=1S/C21H27ClO2/c1-20-9-7-14(23)11-13(20)3-4-15-16-5-6-18(19(24)12-22)21(16,2)10-8-17(15)20/h6,11,15-17H,3-5,7-10,12H2,1-2H3/t15-,16-,17-,20-,21-/m0/s1. The number of hydrogen-bond donors (Lipinski definition) is 0. The first-order valence-electron chi connectivity index (χ1n) is 9.44. The summed E-state index contributed by atoms with van der Waals surface area (Å²) >= 11 is 5.86. The van der Waals surface area contributed by atoms with Crippen molar-refractivity contribution in [1.29, 1.82) is 0 Å². The number of carbonyl (C=O) groups is 2. The molecule has 2 fully saturated rings. The summed E-state index contributed by atoms with van der Waals surface area (Å²) in [6, 6.07) is 0. The lowest BCUT2D eigenvalue weighted by molar-refractivity contribution is -0.118. The summed E-state index contributed by atoms with van der Waals surface area (Å²) in [5, 5.41) is 0. The van der Waals surface area contributed by atoms with E-state index in [4.69, 9.17) is 11.6 Å². The molecule has 3 heteroatoms. The van der Waals surface area contributed by atoms with Crippen LogP contribution < -0.4 is 0 Å². The molecule has 0 N–H and O–H groups in total. The van der Waals surface area contributed by atoms with E-state index in [1.165, 1.54) is 18.4 Å². The Bertz CT molecular complexity index is 661. The molecule has 0 radical (unpaired) electrons. The molecule has 24 heavy (non-hydrogen) atoms. The lowest BCUT2D eigenvalue weighted by atomic mass is 9.47. The minimum atomic E-state index is 0.0230. The molecule has 4 rings (SSSR count). The van der Waals surface area contributed by atoms with Crippen molar-refractivity contribution in [2.45, 2.75) is 58.8 Å². The van der Waals surface area contributed by atoms with E-state index < -0.39 is 0 Å². The monoisotopic (exact) mass is 346 g/mol. The van der Waals surface area contributed by atoms with Gasteiger partial charge in [0.25, 0.3) is 0 Å². The van der Waals surface area contributed by atoms with Gasteiger partial charge in [0, 0.05) is 6.42 Å². The van der Waals surface area contributed by atoms with Crippen molar-refractivity contribution >= 4 is 23.2 Å². The summed E-state index contributed by atoms with van der Waals surface area (Å²) in [4.78, 5) is 24.2. The molecule has 0 aromatic heterocycles. The van der Waals surface area contributed by atoms with Gasteiger partial charge < -0.3 is 0 Å². The Morgan fingerprint density at radius 3 is 2.71 bits per heavy atom. The first-order chi connectivity index (χ1) is 11.4. The number of ketones is 2. The van der Waals surface area contributed by atoms with Crippen LogP contribution >= 0.6 is 11.6 Å². The number of hydrogen-bond acceptors (Lipinski definition) is 2. The van der Waals surface area contributed by atoms with Crippen molar-refractivity contribution in [3.8, 4) is 0 Å². The maximum absolute atomic E-state index is 12.3. The van der Waals surface area contributed by atoms with Gasteiger partial charge in [-0.05, 0) is 78.8 Å². The number of carbonyl (C=O) groups excluding carboxylic acids is 2.